The van der Waals surface area contributed by atoms with Crippen molar-refractivity contribution >= 4 is 17.6 Å². The molecular formula is C10H8ClN3O2. The Morgan fingerprint density at radius 2 is 2.38 bits per heavy atom. The van der Waals surface area contributed by atoms with Crippen LogP contribution in [-0.4, -0.2) is 27.6 Å². The summed E-state index contributed by atoms with van der Waals surface area (Å²) in [5.74, 6) is 0.0541. The summed E-state index contributed by atoms with van der Waals surface area (Å²) in [5, 5.41) is 0.362. The predicted octanol–water partition coefficient (Wildman–Crippen LogP) is 1.71. The van der Waals surface area contributed by atoms with Crippen LogP contribution in [0.3, 0.4) is 0 Å². The van der Waals surface area contributed by atoms with E-state index < -0.39 is 5.97 Å². The Bertz CT molecular complexity index is 511. The summed E-state index contributed by atoms with van der Waals surface area (Å²) in [4.78, 5) is 19.2. The fourth-order valence-electron chi connectivity index (χ4n) is 1.23. The van der Waals surface area contributed by atoms with Crippen LogP contribution in [0.4, 0.5) is 0 Å². The standard InChI is InChI=1S/C10H8ClN3O2/c1-16-10(15)7-4-8(11)9(13-5-7)14-3-2-12-6-14/h2-6H,1H3. The van der Waals surface area contributed by atoms with Gasteiger partial charge in [0, 0.05) is 18.6 Å². The molecule has 0 N–H and O–H groups in total. The van der Waals surface area contributed by atoms with Gasteiger partial charge in [-0.05, 0) is 6.07 Å². The first-order valence-corrected chi connectivity index (χ1v) is 4.82. The topological polar surface area (TPSA) is 57.0 Å². The second-order valence-corrected chi connectivity index (χ2v) is 3.40. The average Bonchev–Trinajstić information content (AvgIpc) is 2.81. The summed E-state index contributed by atoms with van der Waals surface area (Å²) in [5.41, 5.74) is 0.316. The zero-order valence-electron chi connectivity index (χ0n) is 8.42. The number of esters is 1. The monoisotopic (exact) mass is 237 g/mol. The first kappa shape index (κ1) is 10.6. The van der Waals surface area contributed by atoms with Crippen LogP contribution in [0.15, 0.2) is 31.0 Å². The molecule has 0 saturated heterocycles. The Hall–Kier alpha value is -1.88. The zero-order chi connectivity index (χ0) is 11.5. The Kier molecular flexibility index (Phi) is 2.87. The minimum atomic E-state index is -0.466. The van der Waals surface area contributed by atoms with Gasteiger partial charge in [-0.1, -0.05) is 11.6 Å². The summed E-state index contributed by atoms with van der Waals surface area (Å²) in [6.45, 7) is 0. The van der Waals surface area contributed by atoms with E-state index in [1.165, 1.54) is 19.4 Å². The molecule has 0 saturated carbocycles. The third-order valence-electron chi connectivity index (χ3n) is 1.99. The number of nitrogens with zero attached hydrogens (tertiary/aromatic N) is 3. The second kappa shape index (κ2) is 4.32. The van der Waals surface area contributed by atoms with E-state index in [1.807, 2.05) is 0 Å². The lowest BCUT2D eigenvalue weighted by Crippen LogP contribution is -2.04. The number of hydrogen-bond donors (Lipinski definition) is 0. The molecule has 0 radical (unpaired) electrons. The van der Waals surface area contributed by atoms with Crippen LogP contribution in [0.2, 0.25) is 5.02 Å². The number of methoxy groups -OCH3 is 1. The van der Waals surface area contributed by atoms with Crippen molar-refractivity contribution in [3.8, 4) is 5.82 Å². The van der Waals surface area contributed by atoms with E-state index in [-0.39, 0.29) is 0 Å². The smallest absolute Gasteiger partial charge is 0.339 e. The number of carbonyl (C=O) groups is 1. The number of rotatable bonds is 2. The van der Waals surface area contributed by atoms with E-state index in [0.717, 1.165) is 0 Å². The SMILES string of the molecule is COC(=O)c1cnc(-n2ccnc2)c(Cl)c1. The van der Waals surface area contributed by atoms with Crippen molar-refractivity contribution in [2.24, 2.45) is 0 Å². The number of carbonyl (C=O) groups excluding carboxylic acids is 1. The highest BCUT2D eigenvalue weighted by Gasteiger charge is 2.10. The first-order valence-electron chi connectivity index (χ1n) is 4.44. The summed E-state index contributed by atoms with van der Waals surface area (Å²) < 4.78 is 6.22. The van der Waals surface area contributed by atoms with Crippen LogP contribution >= 0.6 is 11.6 Å². The molecule has 2 heterocycles. The predicted molar refractivity (Wildman–Crippen MR) is 57.7 cm³/mol. The third-order valence-corrected chi connectivity index (χ3v) is 2.27. The fraction of sp³-hybridized carbons (Fsp3) is 0.100. The maximum atomic E-state index is 11.2. The van der Waals surface area contributed by atoms with Crippen molar-refractivity contribution in [2.75, 3.05) is 7.11 Å². The molecule has 0 aliphatic carbocycles. The van der Waals surface area contributed by atoms with E-state index in [4.69, 9.17) is 11.6 Å². The van der Waals surface area contributed by atoms with Crippen LogP contribution in [0.5, 0.6) is 0 Å². The molecule has 16 heavy (non-hydrogen) atoms. The van der Waals surface area contributed by atoms with E-state index in [1.54, 1.807) is 23.3 Å². The van der Waals surface area contributed by atoms with Crippen LogP contribution in [0.25, 0.3) is 5.82 Å². The number of hydrogen-bond acceptors (Lipinski definition) is 4. The summed E-state index contributed by atoms with van der Waals surface area (Å²) >= 11 is 6.00. The van der Waals surface area contributed by atoms with Gasteiger partial charge in [-0.3, -0.25) is 4.57 Å². The Balaban J connectivity index is 2.41. The quantitative estimate of drug-likeness (QED) is 0.746. The molecule has 0 atom stereocenters. The summed E-state index contributed by atoms with van der Waals surface area (Å²) in [6, 6.07) is 1.51. The Morgan fingerprint density at radius 1 is 1.56 bits per heavy atom. The average molecular weight is 238 g/mol. The van der Waals surface area contributed by atoms with Crippen molar-refractivity contribution < 1.29 is 9.53 Å². The summed E-state index contributed by atoms with van der Waals surface area (Å²) in [6.07, 6.45) is 6.32. The molecule has 0 fully saturated rings. The molecule has 0 spiro atoms. The van der Waals surface area contributed by atoms with Crippen LogP contribution < -0.4 is 0 Å². The maximum Gasteiger partial charge on any atom is 0.339 e. The fourth-order valence-corrected chi connectivity index (χ4v) is 1.50. The van der Waals surface area contributed by atoms with Gasteiger partial charge in [0.2, 0.25) is 0 Å². The highest BCUT2D eigenvalue weighted by Crippen LogP contribution is 2.19. The van der Waals surface area contributed by atoms with E-state index in [0.29, 0.717) is 16.4 Å². The molecule has 2 aromatic heterocycles. The third kappa shape index (κ3) is 1.90. The molecule has 0 aromatic carbocycles. The number of imidazole rings is 1. The van der Waals surface area contributed by atoms with Gasteiger partial charge in [-0.15, -0.1) is 0 Å². The molecule has 2 aromatic rings. The lowest BCUT2D eigenvalue weighted by atomic mass is 10.3. The van der Waals surface area contributed by atoms with Gasteiger partial charge in [0.05, 0.1) is 17.7 Å². The van der Waals surface area contributed by atoms with Crippen molar-refractivity contribution in [1.82, 2.24) is 14.5 Å². The largest absolute Gasteiger partial charge is 0.465 e. The second-order valence-electron chi connectivity index (χ2n) is 2.99. The molecule has 0 bridgehead atoms. The zero-order valence-corrected chi connectivity index (χ0v) is 9.18. The van der Waals surface area contributed by atoms with E-state index in [9.17, 15) is 4.79 Å². The number of pyridine rings is 1. The summed E-state index contributed by atoms with van der Waals surface area (Å²) in [7, 11) is 1.31. The van der Waals surface area contributed by atoms with E-state index >= 15 is 0 Å². The van der Waals surface area contributed by atoms with Gasteiger partial charge in [-0.25, -0.2) is 14.8 Å². The molecule has 5 nitrogen and oxygen atoms in total. The van der Waals surface area contributed by atoms with Gasteiger partial charge >= 0.3 is 5.97 Å². The molecule has 82 valence electrons. The Morgan fingerprint density at radius 3 is 2.94 bits per heavy atom. The van der Waals surface area contributed by atoms with Crippen LogP contribution in [0.1, 0.15) is 10.4 Å². The molecule has 2 rings (SSSR count). The van der Waals surface area contributed by atoms with Crippen molar-refractivity contribution in [1.29, 1.82) is 0 Å². The van der Waals surface area contributed by atoms with Crippen LogP contribution in [0, 0.1) is 0 Å². The van der Waals surface area contributed by atoms with Gasteiger partial charge in [0.25, 0.3) is 0 Å². The minimum Gasteiger partial charge on any atom is -0.465 e. The van der Waals surface area contributed by atoms with Crippen molar-refractivity contribution in [3.63, 3.8) is 0 Å². The van der Waals surface area contributed by atoms with Crippen molar-refractivity contribution in [2.45, 2.75) is 0 Å². The highest BCUT2D eigenvalue weighted by molar-refractivity contribution is 6.32. The number of aromatic nitrogens is 3. The van der Waals surface area contributed by atoms with Gasteiger partial charge < -0.3 is 4.74 Å². The van der Waals surface area contributed by atoms with Crippen LogP contribution in [-0.2, 0) is 4.74 Å². The molecule has 0 aliphatic rings. The van der Waals surface area contributed by atoms with Gasteiger partial charge in [0.1, 0.15) is 6.33 Å². The molecule has 6 heteroatoms. The molecule has 0 amide bonds. The highest BCUT2D eigenvalue weighted by atomic mass is 35.5. The van der Waals surface area contributed by atoms with Gasteiger partial charge in [0.15, 0.2) is 5.82 Å². The Labute approximate surface area is 96.7 Å². The molecule has 0 unspecified atom stereocenters. The molecule has 0 aliphatic heterocycles. The lowest BCUT2D eigenvalue weighted by molar-refractivity contribution is 0.0600. The van der Waals surface area contributed by atoms with Gasteiger partial charge in [-0.2, -0.15) is 0 Å². The number of ether oxygens (including phenoxy) is 1. The van der Waals surface area contributed by atoms with E-state index in [2.05, 4.69) is 14.7 Å². The number of halogens is 1. The normalized spacial score (nSPS) is 10.1. The maximum absolute atomic E-state index is 11.2. The minimum absolute atomic E-state index is 0.316. The lowest BCUT2D eigenvalue weighted by Gasteiger charge is -2.05. The van der Waals surface area contributed by atoms with Crippen molar-refractivity contribution in [3.05, 3.63) is 41.6 Å². The first-order chi connectivity index (χ1) is 7.72. The molecular weight excluding hydrogens is 230 g/mol.